The minimum absolute atomic E-state index is 0.653. The molecule has 1 aliphatic rings. The summed E-state index contributed by atoms with van der Waals surface area (Å²) in [7, 11) is 0. The maximum atomic E-state index is 6.07. The lowest BCUT2D eigenvalue weighted by Gasteiger charge is -2.23. The first-order chi connectivity index (χ1) is 7.84. The van der Waals surface area contributed by atoms with Crippen molar-refractivity contribution < 1.29 is 0 Å². The van der Waals surface area contributed by atoms with Crippen LogP contribution in [-0.2, 0) is 0 Å². The summed E-state index contributed by atoms with van der Waals surface area (Å²) in [6.07, 6.45) is 4.41. The first kappa shape index (κ1) is 10.2. The zero-order valence-electron chi connectivity index (χ0n) is 9.09. The molecule has 3 heteroatoms. The van der Waals surface area contributed by atoms with Gasteiger partial charge in [-0.3, -0.25) is 0 Å². The molecule has 1 aromatic heterocycles. The molecule has 1 fully saturated rings. The van der Waals surface area contributed by atoms with Crippen molar-refractivity contribution in [3.63, 3.8) is 0 Å². The summed E-state index contributed by atoms with van der Waals surface area (Å²) in [5.74, 6) is 0.653. The van der Waals surface area contributed by atoms with Gasteiger partial charge in [0.15, 0.2) is 0 Å². The monoisotopic (exact) mass is 234 g/mol. The molecule has 2 nitrogen and oxygen atoms in total. The Morgan fingerprint density at radius 1 is 1.31 bits per heavy atom. The van der Waals surface area contributed by atoms with Gasteiger partial charge in [0.25, 0.3) is 0 Å². The van der Waals surface area contributed by atoms with E-state index in [1.165, 1.54) is 18.4 Å². The summed E-state index contributed by atoms with van der Waals surface area (Å²) in [5, 5.41) is 5.38. The van der Waals surface area contributed by atoms with Crippen molar-refractivity contribution in [2.45, 2.75) is 18.8 Å². The maximum absolute atomic E-state index is 6.07. The zero-order valence-corrected chi connectivity index (χ0v) is 9.85. The average Bonchev–Trinajstić information content (AvgIpc) is 2.72. The highest BCUT2D eigenvalue weighted by molar-refractivity contribution is 6.35. The van der Waals surface area contributed by atoms with Gasteiger partial charge in [0.2, 0.25) is 0 Å². The number of hydrogen-bond donors (Lipinski definition) is 2. The Bertz CT molecular complexity index is 498. The molecule has 16 heavy (non-hydrogen) atoms. The predicted octanol–water partition coefficient (Wildman–Crippen LogP) is 3.29. The van der Waals surface area contributed by atoms with Crippen molar-refractivity contribution in [2.24, 2.45) is 0 Å². The van der Waals surface area contributed by atoms with Crippen molar-refractivity contribution in [2.75, 3.05) is 13.1 Å². The van der Waals surface area contributed by atoms with Crippen LogP contribution in [0.4, 0.5) is 0 Å². The normalized spacial score (nSPS) is 21.4. The second-order valence-electron chi connectivity index (χ2n) is 4.48. The average molecular weight is 235 g/mol. The minimum Gasteiger partial charge on any atom is -0.360 e. The second-order valence-corrected chi connectivity index (χ2v) is 4.89. The molecular formula is C13H15ClN2. The maximum Gasteiger partial charge on any atom is 0.0659 e. The van der Waals surface area contributed by atoms with Crippen LogP contribution < -0.4 is 5.32 Å². The number of aromatic amines is 1. The number of H-pyrrole nitrogens is 1. The van der Waals surface area contributed by atoms with Gasteiger partial charge in [-0.15, -0.1) is 0 Å². The summed E-state index contributed by atoms with van der Waals surface area (Å²) < 4.78 is 0. The number of piperidine rings is 1. The highest BCUT2D eigenvalue weighted by Gasteiger charge is 2.15. The number of nitrogens with one attached hydrogen (secondary N) is 2. The van der Waals surface area contributed by atoms with Crippen LogP contribution in [0.15, 0.2) is 24.4 Å². The summed E-state index contributed by atoms with van der Waals surface area (Å²) in [4.78, 5) is 3.21. The van der Waals surface area contributed by atoms with Crippen molar-refractivity contribution in [3.05, 3.63) is 35.0 Å². The lowest BCUT2D eigenvalue weighted by Crippen LogP contribution is -2.28. The molecule has 1 aliphatic heterocycles. The van der Waals surface area contributed by atoms with Crippen LogP contribution in [-0.4, -0.2) is 18.1 Å². The Hall–Kier alpha value is -0.990. The fourth-order valence-corrected chi connectivity index (χ4v) is 2.72. The Labute approximate surface area is 100.0 Å². The molecule has 1 atom stereocenters. The summed E-state index contributed by atoms with van der Waals surface area (Å²) >= 11 is 6.07. The Balaban J connectivity index is 1.97. The molecule has 0 amide bonds. The molecule has 2 N–H and O–H groups in total. The van der Waals surface area contributed by atoms with Gasteiger partial charge in [0, 0.05) is 23.6 Å². The smallest absolute Gasteiger partial charge is 0.0659 e. The molecule has 1 saturated heterocycles. The Morgan fingerprint density at radius 2 is 2.25 bits per heavy atom. The zero-order chi connectivity index (χ0) is 11.0. The number of aromatic nitrogens is 1. The van der Waals surface area contributed by atoms with Crippen LogP contribution in [0, 0.1) is 0 Å². The van der Waals surface area contributed by atoms with Gasteiger partial charge < -0.3 is 10.3 Å². The van der Waals surface area contributed by atoms with Crippen molar-refractivity contribution in [3.8, 4) is 0 Å². The van der Waals surface area contributed by atoms with E-state index in [-0.39, 0.29) is 0 Å². The summed E-state index contributed by atoms with van der Waals surface area (Å²) in [6, 6.07) is 6.57. The van der Waals surface area contributed by atoms with E-state index in [0.717, 1.165) is 29.0 Å². The topological polar surface area (TPSA) is 27.8 Å². The lowest BCUT2D eigenvalue weighted by molar-refractivity contribution is 0.462. The minimum atomic E-state index is 0.653. The molecule has 3 rings (SSSR count). The molecule has 0 aliphatic carbocycles. The highest BCUT2D eigenvalue weighted by Crippen LogP contribution is 2.29. The van der Waals surface area contributed by atoms with Gasteiger partial charge in [-0.1, -0.05) is 23.7 Å². The van der Waals surface area contributed by atoms with Gasteiger partial charge in [-0.25, -0.2) is 0 Å². The van der Waals surface area contributed by atoms with Crippen LogP contribution in [0.2, 0.25) is 5.02 Å². The van der Waals surface area contributed by atoms with Gasteiger partial charge in [0.05, 0.1) is 5.02 Å². The van der Waals surface area contributed by atoms with E-state index in [1.54, 1.807) is 0 Å². The fraction of sp³-hybridized carbons (Fsp3) is 0.385. The van der Waals surface area contributed by atoms with Gasteiger partial charge in [-0.05, 0) is 36.9 Å². The summed E-state index contributed by atoms with van der Waals surface area (Å²) in [5.41, 5.74) is 2.56. The number of rotatable bonds is 1. The van der Waals surface area contributed by atoms with E-state index < -0.39 is 0 Å². The first-order valence-electron chi connectivity index (χ1n) is 5.82. The molecular weight excluding hydrogens is 220 g/mol. The first-order valence-corrected chi connectivity index (χ1v) is 6.19. The third-order valence-electron chi connectivity index (χ3n) is 3.42. The predicted molar refractivity (Wildman–Crippen MR) is 68.2 cm³/mol. The fourth-order valence-electron chi connectivity index (χ4n) is 2.50. The van der Waals surface area contributed by atoms with Crippen molar-refractivity contribution in [1.29, 1.82) is 0 Å². The van der Waals surface area contributed by atoms with Crippen LogP contribution in [0.5, 0.6) is 0 Å². The SMILES string of the molecule is Clc1c[nH]c2cc(C3CCCNC3)ccc12. The van der Waals surface area contributed by atoms with Gasteiger partial charge in [-0.2, -0.15) is 0 Å². The number of benzene rings is 1. The number of halogens is 1. The lowest BCUT2D eigenvalue weighted by atomic mass is 9.91. The number of hydrogen-bond acceptors (Lipinski definition) is 1. The number of fused-ring (bicyclic) bond motifs is 1. The van der Waals surface area contributed by atoms with Crippen molar-refractivity contribution >= 4 is 22.5 Å². The molecule has 1 aromatic carbocycles. The van der Waals surface area contributed by atoms with E-state index in [4.69, 9.17) is 11.6 Å². The molecule has 0 radical (unpaired) electrons. The van der Waals surface area contributed by atoms with E-state index in [0.29, 0.717) is 5.92 Å². The second kappa shape index (κ2) is 4.11. The Kier molecular flexibility index (Phi) is 2.62. The molecule has 1 unspecified atom stereocenters. The standard InChI is InChI=1S/C13H15ClN2/c14-12-8-16-13-6-9(3-4-11(12)13)10-2-1-5-15-7-10/h3-4,6,8,10,15-16H,1-2,5,7H2. The molecule has 0 spiro atoms. The van der Waals surface area contributed by atoms with E-state index in [9.17, 15) is 0 Å². The Morgan fingerprint density at radius 3 is 3.06 bits per heavy atom. The van der Waals surface area contributed by atoms with Crippen LogP contribution in [0.25, 0.3) is 10.9 Å². The van der Waals surface area contributed by atoms with Gasteiger partial charge in [0.1, 0.15) is 0 Å². The van der Waals surface area contributed by atoms with E-state index >= 15 is 0 Å². The van der Waals surface area contributed by atoms with E-state index in [1.807, 2.05) is 6.20 Å². The third-order valence-corrected chi connectivity index (χ3v) is 3.74. The van der Waals surface area contributed by atoms with Crippen LogP contribution in [0.1, 0.15) is 24.3 Å². The quantitative estimate of drug-likeness (QED) is 0.779. The van der Waals surface area contributed by atoms with Crippen LogP contribution in [0.3, 0.4) is 0 Å². The molecule has 0 bridgehead atoms. The summed E-state index contributed by atoms with van der Waals surface area (Å²) in [6.45, 7) is 2.26. The molecule has 84 valence electrons. The highest BCUT2D eigenvalue weighted by atomic mass is 35.5. The van der Waals surface area contributed by atoms with Gasteiger partial charge >= 0.3 is 0 Å². The molecule has 2 heterocycles. The van der Waals surface area contributed by atoms with E-state index in [2.05, 4.69) is 28.5 Å². The van der Waals surface area contributed by atoms with Crippen molar-refractivity contribution in [1.82, 2.24) is 10.3 Å². The largest absolute Gasteiger partial charge is 0.360 e. The van der Waals surface area contributed by atoms with Crippen LogP contribution >= 0.6 is 11.6 Å². The molecule has 0 saturated carbocycles. The molecule has 2 aromatic rings. The third kappa shape index (κ3) is 1.72.